The SMILES string of the molecule is Cc1ccc(S(=O)(=O)N(CCN)CC(F)F)cc1C. The van der Waals surface area contributed by atoms with Gasteiger partial charge in [-0.05, 0) is 37.1 Å². The third kappa shape index (κ3) is 3.95. The fourth-order valence-corrected chi connectivity index (χ4v) is 3.15. The van der Waals surface area contributed by atoms with Crippen LogP contribution in [0.15, 0.2) is 23.1 Å². The van der Waals surface area contributed by atoms with Crippen LogP contribution in [-0.4, -0.2) is 38.8 Å². The second-order valence-corrected chi connectivity index (χ2v) is 6.23. The molecule has 1 rings (SSSR count). The summed E-state index contributed by atoms with van der Waals surface area (Å²) in [6.07, 6.45) is -2.73. The number of hydrogen-bond donors (Lipinski definition) is 1. The third-order valence-corrected chi connectivity index (χ3v) is 4.70. The summed E-state index contributed by atoms with van der Waals surface area (Å²) in [4.78, 5) is 0.0182. The van der Waals surface area contributed by atoms with E-state index in [2.05, 4.69) is 0 Å². The van der Waals surface area contributed by atoms with E-state index in [1.165, 1.54) is 12.1 Å². The summed E-state index contributed by atoms with van der Waals surface area (Å²) in [5.41, 5.74) is 7.02. The molecular formula is C12H18F2N2O2S. The van der Waals surface area contributed by atoms with Gasteiger partial charge in [0.15, 0.2) is 0 Å². The first-order chi connectivity index (χ1) is 8.78. The third-order valence-electron chi connectivity index (χ3n) is 2.84. The zero-order valence-electron chi connectivity index (χ0n) is 10.9. The van der Waals surface area contributed by atoms with Crippen LogP contribution in [0.2, 0.25) is 0 Å². The Bertz CT molecular complexity index is 533. The topological polar surface area (TPSA) is 63.4 Å². The Morgan fingerprint density at radius 1 is 1.26 bits per heavy atom. The molecule has 0 bridgehead atoms. The maximum absolute atomic E-state index is 12.5. The molecule has 7 heteroatoms. The van der Waals surface area contributed by atoms with Gasteiger partial charge >= 0.3 is 0 Å². The number of aryl methyl sites for hydroxylation is 2. The molecule has 0 unspecified atom stereocenters. The van der Waals surface area contributed by atoms with Crippen LogP contribution in [0.3, 0.4) is 0 Å². The molecule has 0 aromatic heterocycles. The molecule has 0 amide bonds. The summed E-state index contributed by atoms with van der Waals surface area (Å²) in [5.74, 6) is 0. The lowest BCUT2D eigenvalue weighted by Gasteiger charge is -2.21. The highest BCUT2D eigenvalue weighted by molar-refractivity contribution is 7.89. The smallest absolute Gasteiger partial charge is 0.252 e. The van der Waals surface area contributed by atoms with E-state index in [-0.39, 0.29) is 18.0 Å². The molecule has 0 aliphatic heterocycles. The minimum Gasteiger partial charge on any atom is -0.329 e. The zero-order chi connectivity index (χ0) is 14.6. The molecule has 19 heavy (non-hydrogen) atoms. The molecule has 0 aliphatic rings. The number of halogens is 2. The molecule has 108 valence electrons. The van der Waals surface area contributed by atoms with Gasteiger partial charge in [-0.15, -0.1) is 0 Å². The normalized spacial score (nSPS) is 12.4. The van der Waals surface area contributed by atoms with E-state index in [0.717, 1.165) is 15.4 Å². The Balaban J connectivity index is 3.14. The van der Waals surface area contributed by atoms with Gasteiger partial charge in [-0.2, -0.15) is 4.31 Å². The summed E-state index contributed by atoms with van der Waals surface area (Å²) >= 11 is 0. The van der Waals surface area contributed by atoms with Crippen molar-refractivity contribution in [1.82, 2.24) is 4.31 Å². The van der Waals surface area contributed by atoms with E-state index >= 15 is 0 Å². The van der Waals surface area contributed by atoms with Crippen molar-refractivity contribution in [2.45, 2.75) is 25.2 Å². The molecule has 0 saturated carbocycles. The standard InChI is InChI=1S/C12H18F2N2O2S/c1-9-3-4-11(7-10(9)2)19(17,18)16(6-5-15)8-12(13)14/h3-4,7,12H,5-6,8,15H2,1-2H3. The predicted molar refractivity (Wildman–Crippen MR) is 69.7 cm³/mol. The molecule has 0 heterocycles. The van der Waals surface area contributed by atoms with Gasteiger partial charge in [-0.25, -0.2) is 17.2 Å². The first kappa shape index (κ1) is 16.0. The quantitative estimate of drug-likeness (QED) is 0.864. The number of alkyl halides is 2. The minimum absolute atomic E-state index is 0.00318. The van der Waals surface area contributed by atoms with Gasteiger partial charge in [-0.3, -0.25) is 0 Å². The van der Waals surface area contributed by atoms with Gasteiger partial charge in [0.05, 0.1) is 11.4 Å². The molecule has 2 N–H and O–H groups in total. The highest BCUT2D eigenvalue weighted by Gasteiger charge is 2.26. The van der Waals surface area contributed by atoms with E-state index in [0.29, 0.717) is 0 Å². The number of hydrogen-bond acceptors (Lipinski definition) is 3. The van der Waals surface area contributed by atoms with Crippen molar-refractivity contribution < 1.29 is 17.2 Å². The van der Waals surface area contributed by atoms with Crippen molar-refractivity contribution in [3.05, 3.63) is 29.3 Å². The maximum atomic E-state index is 12.5. The zero-order valence-corrected chi connectivity index (χ0v) is 11.8. The van der Waals surface area contributed by atoms with Gasteiger partial charge in [0, 0.05) is 13.1 Å². The van der Waals surface area contributed by atoms with E-state index in [4.69, 9.17) is 5.73 Å². The van der Waals surface area contributed by atoms with Crippen molar-refractivity contribution in [1.29, 1.82) is 0 Å². The Morgan fingerprint density at radius 2 is 1.89 bits per heavy atom. The second-order valence-electron chi connectivity index (χ2n) is 4.29. The lowest BCUT2D eigenvalue weighted by Crippen LogP contribution is -2.38. The molecule has 0 fully saturated rings. The average Bonchev–Trinajstić information content (AvgIpc) is 2.31. The van der Waals surface area contributed by atoms with Crippen LogP contribution in [0.25, 0.3) is 0 Å². The summed E-state index contributed by atoms with van der Waals surface area (Å²) in [5, 5.41) is 0. The molecular weight excluding hydrogens is 274 g/mol. The van der Waals surface area contributed by atoms with Gasteiger partial charge in [0.2, 0.25) is 10.0 Å². The summed E-state index contributed by atoms with van der Waals surface area (Å²) in [7, 11) is -3.92. The van der Waals surface area contributed by atoms with Crippen molar-refractivity contribution >= 4 is 10.0 Å². The van der Waals surface area contributed by atoms with Crippen LogP contribution in [0.5, 0.6) is 0 Å². The number of benzene rings is 1. The van der Waals surface area contributed by atoms with Crippen LogP contribution in [0, 0.1) is 13.8 Å². The maximum Gasteiger partial charge on any atom is 0.252 e. The number of sulfonamides is 1. The monoisotopic (exact) mass is 292 g/mol. The van der Waals surface area contributed by atoms with E-state index in [9.17, 15) is 17.2 Å². The molecule has 4 nitrogen and oxygen atoms in total. The molecule has 1 aromatic rings. The number of nitrogens with zero attached hydrogens (tertiary/aromatic N) is 1. The molecule has 0 saturated heterocycles. The van der Waals surface area contributed by atoms with Crippen LogP contribution >= 0.6 is 0 Å². The van der Waals surface area contributed by atoms with E-state index in [1.54, 1.807) is 13.0 Å². The predicted octanol–water partition coefficient (Wildman–Crippen LogP) is 1.52. The van der Waals surface area contributed by atoms with E-state index in [1.807, 2.05) is 6.92 Å². The van der Waals surface area contributed by atoms with Crippen molar-refractivity contribution in [3.63, 3.8) is 0 Å². The highest BCUT2D eigenvalue weighted by Crippen LogP contribution is 2.19. The van der Waals surface area contributed by atoms with Crippen LogP contribution in [-0.2, 0) is 10.0 Å². The first-order valence-corrected chi connectivity index (χ1v) is 7.28. The van der Waals surface area contributed by atoms with Gasteiger partial charge in [0.25, 0.3) is 6.43 Å². The van der Waals surface area contributed by atoms with Crippen LogP contribution in [0.1, 0.15) is 11.1 Å². The first-order valence-electron chi connectivity index (χ1n) is 5.84. The van der Waals surface area contributed by atoms with Crippen LogP contribution < -0.4 is 5.73 Å². The Morgan fingerprint density at radius 3 is 2.37 bits per heavy atom. The average molecular weight is 292 g/mol. The second kappa shape index (κ2) is 6.40. The lowest BCUT2D eigenvalue weighted by atomic mass is 10.1. The minimum atomic E-state index is -3.92. The Hall–Kier alpha value is -1.05. The molecule has 0 radical (unpaired) electrons. The fraction of sp³-hybridized carbons (Fsp3) is 0.500. The number of rotatable bonds is 6. The van der Waals surface area contributed by atoms with Gasteiger partial charge < -0.3 is 5.73 Å². The fourth-order valence-electron chi connectivity index (χ4n) is 1.63. The molecule has 0 aliphatic carbocycles. The Kier molecular flexibility index (Phi) is 5.39. The van der Waals surface area contributed by atoms with Gasteiger partial charge in [0.1, 0.15) is 0 Å². The molecule has 0 atom stereocenters. The van der Waals surface area contributed by atoms with E-state index < -0.39 is 23.0 Å². The largest absolute Gasteiger partial charge is 0.329 e. The summed E-state index contributed by atoms with van der Waals surface area (Å²) in [6, 6.07) is 4.57. The Labute approximate surface area is 112 Å². The van der Waals surface area contributed by atoms with Crippen molar-refractivity contribution in [3.8, 4) is 0 Å². The summed E-state index contributed by atoms with van der Waals surface area (Å²) in [6.45, 7) is 2.65. The number of nitrogens with two attached hydrogens (primary N) is 1. The highest BCUT2D eigenvalue weighted by atomic mass is 32.2. The van der Waals surface area contributed by atoms with Crippen molar-refractivity contribution in [2.75, 3.05) is 19.6 Å². The van der Waals surface area contributed by atoms with Gasteiger partial charge in [-0.1, -0.05) is 6.07 Å². The molecule has 0 spiro atoms. The summed E-state index contributed by atoms with van der Waals surface area (Å²) < 4.78 is 50.1. The van der Waals surface area contributed by atoms with Crippen LogP contribution in [0.4, 0.5) is 8.78 Å². The molecule has 1 aromatic carbocycles. The van der Waals surface area contributed by atoms with Crippen molar-refractivity contribution in [2.24, 2.45) is 5.73 Å². The lowest BCUT2D eigenvalue weighted by molar-refractivity contribution is 0.120.